The molecule has 3 rings (SSSR count). The number of carboxylic acid groups (broad SMARTS) is 1. The van der Waals surface area contributed by atoms with Crippen LogP contribution in [0.2, 0.25) is 0 Å². The lowest BCUT2D eigenvalue weighted by atomic mass is 10.1. The number of urea groups is 1. The summed E-state index contributed by atoms with van der Waals surface area (Å²) >= 11 is 1.96. The molecule has 0 unspecified atom stereocenters. The van der Waals surface area contributed by atoms with Crippen molar-refractivity contribution in [2.24, 2.45) is 0 Å². The Balaban J connectivity index is 1.73. The van der Waals surface area contributed by atoms with Gasteiger partial charge in [0.2, 0.25) is 0 Å². The number of hydrogen-bond acceptors (Lipinski definition) is 6. The Morgan fingerprint density at radius 1 is 1.24 bits per heavy atom. The van der Waals surface area contributed by atoms with E-state index in [1.807, 2.05) is 22.6 Å². The smallest absolute Gasteiger partial charge is 0.329 e. The van der Waals surface area contributed by atoms with Gasteiger partial charge < -0.3 is 25.2 Å². The third kappa shape index (κ3) is 5.97. The number of hydrogen-bond donors (Lipinski definition) is 3. The van der Waals surface area contributed by atoms with Gasteiger partial charge in [0.25, 0.3) is 11.8 Å². The number of carbonyl (C=O) groups excluding carboxylic acids is 3. The van der Waals surface area contributed by atoms with Crippen molar-refractivity contribution in [3.8, 4) is 11.5 Å². The number of carbonyl (C=O) groups is 4. The fourth-order valence-electron chi connectivity index (χ4n) is 2.85. The van der Waals surface area contributed by atoms with Crippen molar-refractivity contribution in [1.82, 2.24) is 10.2 Å². The first kappa shape index (κ1) is 24.0. The highest BCUT2D eigenvalue weighted by Gasteiger charge is 2.34. The van der Waals surface area contributed by atoms with Crippen molar-refractivity contribution in [3.63, 3.8) is 0 Å². The number of anilines is 1. The zero-order chi connectivity index (χ0) is 24.1. The van der Waals surface area contributed by atoms with Crippen LogP contribution in [0.5, 0.6) is 11.5 Å². The van der Waals surface area contributed by atoms with E-state index in [9.17, 15) is 23.6 Å². The molecule has 3 N–H and O–H groups in total. The Labute approximate surface area is 200 Å². The van der Waals surface area contributed by atoms with E-state index in [0.29, 0.717) is 19.7 Å². The number of rotatable bonds is 8. The van der Waals surface area contributed by atoms with Crippen molar-refractivity contribution < 1.29 is 38.1 Å². The number of ether oxygens (including phenoxy) is 2. The van der Waals surface area contributed by atoms with Gasteiger partial charge in [-0.15, -0.1) is 0 Å². The SMILES string of the molecule is COc1cc(/C=C2/NC(=O)N(CC(=O)O)C2=O)cc(I)c1OCC(=O)Nc1ccc(F)cc1. The Morgan fingerprint density at radius 3 is 2.58 bits per heavy atom. The highest BCUT2D eigenvalue weighted by molar-refractivity contribution is 14.1. The molecule has 1 fully saturated rings. The summed E-state index contributed by atoms with van der Waals surface area (Å²) in [5, 5.41) is 13.7. The normalized spacial score (nSPS) is 14.3. The number of halogens is 2. The second-order valence-electron chi connectivity index (χ2n) is 6.65. The fourth-order valence-corrected chi connectivity index (χ4v) is 3.63. The van der Waals surface area contributed by atoms with E-state index in [4.69, 9.17) is 14.6 Å². The van der Waals surface area contributed by atoms with Crippen LogP contribution < -0.4 is 20.1 Å². The minimum Gasteiger partial charge on any atom is -0.493 e. The standard InChI is InChI=1S/C21H17FIN3O7/c1-32-16-8-11(7-15-20(30)26(9-18(28)29)21(31)25-15)6-14(23)19(16)33-10-17(27)24-13-4-2-12(22)3-5-13/h2-8H,9-10H2,1H3,(H,24,27)(H,25,31)(H,28,29)/b15-7+. The maximum absolute atomic E-state index is 13.0. The molecule has 1 heterocycles. The minimum atomic E-state index is -1.32. The second kappa shape index (κ2) is 10.3. The monoisotopic (exact) mass is 569 g/mol. The van der Waals surface area contributed by atoms with Gasteiger partial charge in [-0.25, -0.2) is 14.1 Å². The molecule has 0 atom stereocenters. The van der Waals surface area contributed by atoms with Crippen molar-refractivity contribution in [3.05, 3.63) is 57.0 Å². The van der Waals surface area contributed by atoms with Crippen LogP contribution in [0.25, 0.3) is 6.08 Å². The Hall–Kier alpha value is -3.68. The molecular weight excluding hydrogens is 552 g/mol. The van der Waals surface area contributed by atoms with Crippen LogP contribution in [0, 0.1) is 9.39 Å². The first-order valence-corrected chi connectivity index (χ1v) is 10.4. The minimum absolute atomic E-state index is 0.0913. The number of amides is 4. The molecule has 2 aromatic rings. The molecule has 0 spiro atoms. The molecule has 12 heteroatoms. The van der Waals surface area contributed by atoms with Crippen molar-refractivity contribution in [2.45, 2.75) is 0 Å². The van der Waals surface area contributed by atoms with Gasteiger partial charge in [0, 0.05) is 5.69 Å². The summed E-state index contributed by atoms with van der Waals surface area (Å²) in [6.07, 6.45) is 1.37. The number of methoxy groups -OCH3 is 1. The van der Waals surface area contributed by atoms with Crippen LogP contribution in [0.15, 0.2) is 42.1 Å². The number of imide groups is 1. The van der Waals surface area contributed by atoms with E-state index < -0.39 is 36.2 Å². The van der Waals surface area contributed by atoms with Crippen molar-refractivity contribution in [2.75, 3.05) is 25.6 Å². The zero-order valence-electron chi connectivity index (χ0n) is 17.1. The van der Waals surface area contributed by atoms with E-state index >= 15 is 0 Å². The van der Waals surface area contributed by atoms with Crippen LogP contribution in [0.3, 0.4) is 0 Å². The van der Waals surface area contributed by atoms with Crippen LogP contribution in [-0.2, 0) is 14.4 Å². The van der Waals surface area contributed by atoms with Crippen LogP contribution >= 0.6 is 22.6 Å². The van der Waals surface area contributed by atoms with Crippen molar-refractivity contribution in [1.29, 1.82) is 0 Å². The fraction of sp³-hybridized carbons (Fsp3) is 0.143. The summed E-state index contributed by atoms with van der Waals surface area (Å²) in [7, 11) is 1.39. The summed E-state index contributed by atoms with van der Waals surface area (Å²) < 4.78 is 24.4. The largest absolute Gasteiger partial charge is 0.493 e. The molecule has 0 saturated carbocycles. The Kier molecular flexibility index (Phi) is 7.48. The van der Waals surface area contributed by atoms with Gasteiger partial charge in [0.05, 0.1) is 10.7 Å². The van der Waals surface area contributed by atoms with Crippen LogP contribution in [0.1, 0.15) is 5.56 Å². The molecule has 0 aliphatic carbocycles. The van der Waals surface area contributed by atoms with Gasteiger partial charge in [-0.2, -0.15) is 0 Å². The molecule has 0 radical (unpaired) electrons. The molecule has 1 saturated heterocycles. The first-order chi connectivity index (χ1) is 15.7. The van der Waals surface area contributed by atoms with E-state index in [1.54, 1.807) is 6.07 Å². The lowest BCUT2D eigenvalue weighted by Gasteiger charge is -2.14. The van der Waals surface area contributed by atoms with Gasteiger partial charge in [-0.1, -0.05) is 0 Å². The highest BCUT2D eigenvalue weighted by Crippen LogP contribution is 2.35. The number of carboxylic acids is 1. The van der Waals surface area contributed by atoms with E-state index in [2.05, 4.69) is 10.6 Å². The molecule has 4 amide bonds. The average Bonchev–Trinajstić information content (AvgIpc) is 3.01. The predicted molar refractivity (Wildman–Crippen MR) is 122 cm³/mol. The molecule has 1 aliphatic heterocycles. The average molecular weight is 569 g/mol. The quantitative estimate of drug-likeness (QED) is 0.253. The Bertz CT molecular complexity index is 1150. The van der Waals surface area contributed by atoms with Crippen molar-refractivity contribution >= 4 is 58.2 Å². The molecule has 172 valence electrons. The molecule has 2 aromatic carbocycles. The lowest BCUT2D eigenvalue weighted by molar-refractivity contribution is -0.140. The van der Waals surface area contributed by atoms with Crippen LogP contribution in [-0.4, -0.2) is 54.1 Å². The maximum atomic E-state index is 13.0. The van der Waals surface area contributed by atoms with Gasteiger partial charge in [0.1, 0.15) is 18.1 Å². The Morgan fingerprint density at radius 2 is 1.94 bits per heavy atom. The molecule has 0 bridgehead atoms. The summed E-state index contributed by atoms with van der Waals surface area (Å²) in [5.41, 5.74) is 0.792. The van der Waals surface area contributed by atoms with E-state index in [0.717, 1.165) is 0 Å². The predicted octanol–water partition coefficient (Wildman–Crippen LogP) is 2.43. The first-order valence-electron chi connectivity index (χ1n) is 9.30. The third-order valence-electron chi connectivity index (χ3n) is 4.29. The number of nitrogens with zero attached hydrogens (tertiary/aromatic N) is 1. The van der Waals surface area contributed by atoms with Gasteiger partial charge in [0.15, 0.2) is 18.1 Å². The zero-order valence-corrected chi connectivity index (χ0v) is 19.2. The molecular formula is C21H17FIN3O7. The van der Waals surface area contributed by atoms with Crippen LogP contribution in [0.4, 0.5) is 14.9 Å². The molecule has 33 heavy (non-hydrogen) atoms. The van der Waals surface area contributed by atoms with Gasteiger partial charge in [-0.3, -0.25) is 14.4 Å². The van der Waals surface area contributed by atoms with E-state index in [1.165, 1.54) is 43.5 Å². The number of aliphatic carboxylic acids is 1. The second-order valence-corrected chi connectivity index (χ2v) is 7.81. The summed E-state index contributed by atoms with van der Waals surface area (Å²) in [6.45, 7) is -1.10. The third-order valence-corrected chi connectivity index (χ3v) is 5.10. The highest BCUT2D eigenvalue weighted by atomic mass is 127. The molecule has 1 aliphatic rings. The van der Waals surface area contributed by atoms with E-state index in [-0.39, 0.29) is 23.8 Å². The summed E-state index contributed by atoms with van der Waals surface area (Å²) in [6, 6.07) is 7.59. The molecule has 0 aromatic heterocycles. The topological polar surface area (TPSA) is 134 Å². The maximum Gasteiger partial charge on any atom is 0.329 e. The van der Waals surface area contributed by atoms with Gasteiger partial charge in [-0.05, 0) is 70.6 Å². The summed E-state index contributed by atoms with van der Waals surface area (Å²) in [5.74, 6) is -2.43. The molecule has 10 nitrogen and oxygen atoms in total. The lowest BCUT2D eigenvalue weighted by Crippen LogP contribution is -2.35. The summed E-state index contributed by atoms with van der Waals surface area (Å²) in [4.78, 5) is 47.7. The number of benzene rings is 2. The van der Waals surface area contributed by atoms with Gasteiger partial charge >= 0.3 is 12.0 Å². The number of nitrogens with one attached hydrogen (secondary N) is 2.